The van der Waals surface area contributed by atoms with Crippen LogP contribution >= 0.6 is 0 Å². The van der Waals surface area contributed by atoms with Gasteiger partial charge in [0.15, 0.2) is 0 Å². The number of azide groups is 1. The quantitative estimate of drug-likeness (QED) is 0.489. The average Bonchev–Trinajstić information content (AvgIpc) is 2.78. The lowest BCUT2D eigenvalue weighted by Gasteiger charge is -2.15. The Morgan fingerprint density at radius 3 is 3.05 bits per heavy atom. The topological polar surface area (TPSA) is 122 Å². The molecule has 0 spiro atoms. The smallest absolute Gasteiger partial charge is 0.330 e. The van der Waals surface area contributed by atoms with Crippen molar-refractivity contribution in [2.45, 2.75) is 31.7 Å². The van der Waals surface area contributed by atoms with Crippen molar-refractivity contribution in [1.29, 1.82) is 0 Å². The van der Waals surface area contributed by atoms with E-state index in [2.05, 4.69) is 15.0 Å². The van der Waals surface area contributed by atoms with Crippen LogP contribution in [0.5, 0.6) is 0 Å². The van der Waals surface area contributed by atoms with Gasteiger partial charge in [-0.15, -0.1) is 0 Å². The second-order valence-corrected chi connectivity index (χ2v) is 4.57. The summed E-state index contributed by atoms with van der Waals surface area (Å²) < 4.78 is 12.0. The van der Waals surface area contributed by atoms with E-state index in [1.54, 1.807) is 6.92 Å². The summed E-state index contributed by atoms with van der Waals surface area (Å²) in [6.07, 6.45) is 0.784. The van der Waals surface area contributed by atoms with Crippen LogP contribution in [-0.4, -0.2) is 35.4 Å². The first-order chi connectivity index (χ1) is 9.56. The molecule has 1 N–H and O–H groups in total. The fraction of sp³-hybridized carbons (Fsp3) is 0.636. The second-order valence-electron chi connectivity index (χ2n) is 4.57. The molecule has 0 aliphatic carbocycles. The number of aryl methyl sites for hydroxylation is 1. The minimum Gasteiger partial charge on any atom is -0.382 e. The van der Waals surface area contributed by atoms with E-state index in [1.807, 2.05) is 0 Å². The minimum absolute atomic E-state index is 0.261. The van der Waals surface area contributed by atoms with Gasteiger partial charge in [0.1, 0.15) is 6.23 Å². The van der Waals surface area contributed by atoms with Gasteiger partial charge in [0.25, 0.3) is 5.56 Å². The Morgan fingerprint density at radius 1 is 1.65 bits per heavy atom. The third-order valence-corrected chi connectivity index (χ3v) is 3.19. The van der Waals surface area contributed by atoms with Crippen molar-refractivity contribution in [3.05, 3.63) is 43.0 Å². The minimum atomic E-state index is -0.589. The van der Waals surface area contributed by atoms with Crippen LogP contribution in [0.4, 0.5) is 0 Å². The zero-order chi connectivity index (χ0) is 14.7. The van der Waals surface area contributed by atoms with Crippen molar-refractivity contribution >= 4 is 0 Å². The average molecular weight is 281 g/mol. The van der Waals surface area contributed by atoms with E-state index in [0.717, 1.165) is 0 Å². The summed E-state index contributed by atoms with van der Waals surface area (Å²) in [7, 11) is 1.51. The SMILES string of the molecule is COC[C@H]1OC(n2cc(C)c(=O)[nH]c2=O)C[C@@H]1N=[N+]=[N-]. The van der Waals surface area contributed by atoms with Gasteiger partial charge in [-0.3, -0.25) is 14.3 Å². The summed E-state index contributed by atoms with van der Waals surface area (Å²) in [5.74, 6) is 0. The van der Waals surface area contributed by atoms with Crippen molar-refractivity contribution in [1.82, 2.24) is 9.55 Å². The molecule has 1 saturated heterocycles. The number of methoxy groups -OCH3 is 1. The predicted octanol–water partition coefficient (Wildman–Crippen LogP) is 0.458. The standard InChI is InChI=1S/C11H15N5O4/c1-6-4-16(11(18)13-10(6)17)9-3-7(14-15-12)8(20-9)5-19-2/h4,7-9H,3,5H2,1-2H3,(H,13,17,18)/t7-,8+,9?/m0/s1. The Bertz CT molecular complexity index is 645. The van der Waals surface area contributed by atoms with Gasteiger partial charge in [0.2, 0.25) is 0 Å². The molecule has 0 saturated carbocycles. The Balaban J connectivity index is 2.31. The van der Waals surface area contributed by atoms with Gasteiger partial charge in [-0.2, -0.15) is 0 Å². The molecule has 1 unspecified atom stereocenters. The van der Waals surface area contributed by atoms with Crippen LogP contribution in [-0.2, 0) is 9.47 Å². The molecule has 20 heavy (non-hydrogen) atoms. The summed E-state index contributed by atoms with van der Waals surface area (Å²) in [5.41, 5.74) is 7.98. The first kappa shape index (κ1) is 14.3. The summed E-state index contributed by atoms with van der Waals surface area (Å²) >= 11 is 0. The van der Waals surface area contributed by atoms with Crippen LogP contribution in [0.2, 0.25) is 0 Å². The highest BCUT2D eigenvalue weighted by Crippen LogP contribution is 2.30. The summed E-state index contributed by atoms with van der Waals surface area (Å²) in [6.45, 7) is 1.86. The number of aromatic nitrogens is 2. The molecule has 2 rings (SSSR count). The number of ether oxygens (including phenoxy) is 2. The predicted molar refractivity (Wildman–Crippen MR) is 69.4 cm³/mol. The van der Waals surface area contributed by atoms with Crippen molar-refractivity contribution in [2.24, 2.45) is 5.11 Å². The first-order valence-corrected chi connectivity index (χ1v) is 6.07. The van der Waals surface area contributed by atoms with Crippen molar-refractivity contribution in [3.63, 3.8) is 0 Å². The number of rotatable bonds is 4. The van der Waals surface area contributed by atoms with Gasteiger partial charge in [0, 0.05) is 30.2 Å². The van der Waals surface area contributed by atoms with Crippen LogP contribution in [0.1, 0.15) is 18.2 Å². The lowest BCUT2D eigenvalue weighted by molar-refractivity contribution is -0.0361. The summed E-state index contributed by atoms with van der Waals surface area (Å²) in [5, 5.41) is 3.66. The molecule has 0 bridgehead atoms. The van der Waals surface area contributed by atoms with E-state index in [0.29, 0.717) is 12.0 Å². The summed E-state index contributed by atoms with van der Waals surface area (Å²) in [4.78, 5) is 28.1. The highest BCUT2D eigenvalue weighted by molar-refractivity contribution is 5.02. The van der Waals surface area contributed by atoms with E-state index in [9.17, 15) is 9.59 Å². The molecule has 1 aromatic heterocycles. The van der Waals surface area contributed by atoms with Crippen molar-refractivity contribution in [3.8, 4) is 0 Å². The maximum atomic E-state index is 11.8. The fourth-order valence-electron chi connectivity index (χ4n) is 2.19. The van der Waals surface area contributed by atoms with Gasteiger partial charge < -0.3 is 9.47 Å². The maximum Gasteiger partial charge on any atom is 0.330 e. The van der Waals surface area contributed by atoms with E-state index in [-0.39, 0.29) is 6.61 Å². The molecule has 108 valence electrons. The lowest BCUT2D eigenvalue weighted by atomic mass is 10.1. The number of hydrogen-bond donors (Lipinski definition) is 1. The number of H-pyrrole nitrogens is 1. The second kappa shape index (κ2) is 5.91. The molecule has 0 aromatic carbocycles. The molecule has 1 aliphatic heterocycles. The third-order valence-electron chi connectivity index (χ3n) is 3.19. The van der Waals surface area contributed by atoms with Crippen molar-refractivity contribution in [2.75, 3.05) is 13.7 Å². The first-order valence-electron chi connectivity index (χ1n) is 6.07. The van der Waals surface area contributed by atoms with Crippen LogP contribution < -0.4 is 11.2 Å². The van der Waals surface area contributed by atoms with Gasteiger partial charge in [-0.1, -0.05) is 5.11 Å². The Morgan fingerprint density at radius 2 is 2.40 bits per heavy atom. The van der Waals surface area contributed by atoms with Gasteiger partial charge in [-0.25, -0.2) is 4.79 Å². The van der Waals surface area contributed by atoms with Crippen LogP contribution in [0.15, 0.2) is 20.9 Å². The van der Waals surface area contributed by atoms with Crippen LogP contribution in [0, 0.1) is 6.92 Å². The normalized spacial score (nSPS) is 25.4. The van der Waals surface area contributed by atoms with Crippen molar-refractivity contribution < 1.29 is 9.47 Å². The van der Waals surface area contributed by atoms with E-state index >= 15 is 0 Å². The van der Waals surface area contributed by atoms with Gasteiger partial charge in [0.05, 0.1) is 18.8 Å². The van der Waals surface area contributed by atoms with E-state index in [4.69, 9.17) is 15.0 Å². The summed E-state index contributed by atoms with van der Waals surface area (Å²) in [6, 6.07) is -0.413. The van der Waals surface area contributed by atoms with Gasteiger partial charge in [-0.05, 0) is 12.5 Å². The molecule has 1 fully saturated rings. The number of hydrogen-bond acceptors (Lipinski definition) is 5. The molecule has 1 aromatic rings. The third kappa shape index (κ3) is 2.74. The largest absolute Gasteiger partial charge is 0.382 e. The molecular formula is C11H15N5O4. The highest BCUT2D eigenvalue weighted by Gasteiger charge is 2.36. The molecule has 0 amide bonds. The monoisotopic (exact) mass is 281 g/mol. The Kier molecular flexibility index (Phi) is 4.23. The molecular weight excluding hydrogens is 266 g/mol. The van der Waals surface area contributed by atoms with Crippen LogP contribution in [0.25, 0.3) is 10.4 Å². The van der Waals surface area contributed by atoms with E-state index in [1.165, 1.54) is 17.9 Å². The lowest BCUT2D eigenvalue weighted by Crippen LogP contribution is -2.33. The number of nitrogens with one attached hydrogen (secondary N) is 1. The molecule has 9 nitrogen and oxygen atoms in total. The fourth-order valence-corrected chi connectivity index (χ4v) is 2.19. The van der Waals surface area contributed by atoms with Crippen LogP contribution in [0.3, 0.4) is 0 Å². The molecule has 0 radical (unpaired) electrons. The van der Waals surface area contributed by atoms with Gasteiger partial charge >= 0.3 is 5.69 Å². The maximum absolute atomic E-state index is 11.8. The number of aromatic amines is 1. The molecule has 1 aliphatic rings. The zero-order valence-electron chi connectivity index (χ0n) is 11.1. The molecule has 2 heterocycles. The molecule has 3 atom stereocenters. The van der Waals surface area contributed by atoms with E-state index < -0.39 is 29.6 Å². The molecule has 9 heteroatoms. The zero-order valence-corrected chi connectivity index (χ0v) is 11.1. The highest BCUT2D eigenvalue weighted by atomic mass is 16.5. The Labute approximate surface area is 113 Å². The Hall–Kier alpha value is -2.09. The number of nitrogens with zero attached hydrogens (tertiary/aromatic N) is 4.